The number of aliphatic hydroxyl groups is 1. The van der Waals surface area contributed by atoms with Gasteiger partial charge in [-0.3, -0.25) is 4.79 Å². The Morgan fingerprint density at radius 2 is 2.06 bits per heavy atom. The van der Waals surface area contributed by atoms with Gasteiger partial charge in [0, 0.05) is 22.9 Å². The predicted molar refractivity (Wildman–Crippen MR) is 118 cm³/mol. The third kappa shape index (κ3) is 3.82. The fourth-order valence-corrected chi connectivity index (χ4v) is 4.38. The van der Waals surface area contributed by atoms with Crippen molar-refractivity contribution in [1.82, 2.24) is 15.0 Å². The second-order valence-corrected chi connectivity index (χ2v) is 8.41. The van der Waals surface area contributed by atoms with Crippen LogP contribution in [0.4, 0.5) is 0 Å². The van der Waals surface area contributed by atoms with Crippen molar-refractivity contribution >= 4 is 17.3 Å². The van der Waals surface area contributed by atoms with E-state index >= 15 is 0 Å². The molecule has 5 rings (SSSR count). The Hall–Kier alpha value is -3.51. The van der Waals surface area contributed by atoms with Gasteiger partial charge in [-0.1, -0.05) is 18.2 Å². The molecular formula is C25H23N3O3. The van der Waals surface area contributed by atoms with Gasteiger partial charge in [0.2, 0.25) is 5.88 Å². The fourth-order valence-electron chi connectivity index (χ4n) is 4.38. The van der Waals surface area contributed by atoms with Crippen LogP contribution in [0.15, 0.2) is 60.8 Å². The number of aromatic nitrogens is 3. The first-order chi connectivity index (χ1) is 15.0. The number of carbonyl (C=O) groups excluding carboxylic acids is 1. The number of ether oxygens (including phenoxy) is 1. The van der Waals surface area contributed by atoms with Gasteiger partial charge in [0.1, 0.15) is 11.6 Å². The van der Waals surface area contributed by atoms with Crippen molar-refractivity contribution in [2.45, 2.75) is 37.7 Å². The van der Waals surface area contributed by atoms with Gasteiger partial charge in [0.25, 0.3) is 0 Å². The molecule has 0 radical (unpaired) electrons. The summed E-state index contributed by atoms with van der Waals surface area (Å²) in [6.45, 7) is 1.88. The van der Waals surface area contributed by atoms with Crippen molar-refractivity contribution < 1.29 is 14.6 Å². The first kappa shape index (κ1) is 19.5. The van der Waals surface area contributed by atoms with E-state index in [9.17, 15) is 9.90 Å². The van der Waals surface area contributed by atoms with Crippen LogP contribution < -0.4 is 4.74 Å². The molecule has 2 aromatic carbocycles. The lowest BCUT2D eigenvalue weighted by Gasteiger charge is -2.18. The molecule has 0 saturated heterocycles. The van der Waals surface area contributed by atoms with Crippen LogP contribution in [-0.4, -0.2) is 31.9 Å². The Morgan fingerprint density at radius 1 is 1.19 bits per heavy atom. The highest BCUT2D eigenvalue weighted by atomic mass is 16.5. The second-order valence-electron chi connectivity index (χ2n) is 8.41. The molecule has 1 aliphatic carbocycles. The molecule has 4 aromatic rings. The average Bonchev–Trinajstić information content (AvgIpc) is 3.37. The average molecular weight is 413 g/mol. The van der Waals surface area contributed by atoms with Gasteiger partial charge in [0.05, 0.1) is 16.6 Å². The molecule has 1 aliphatic rings. The van der Waals surface area contributed by atoms with Gasteiger partial charge in [-0.2, -0.15) is 0 Å². The summed E-state index contributed by atoms with van der Waals surface area (Å²) in [5.74, 6) is 1.91. The monoisotopic (exact) mass is 413 g/mol. The van der Waals surface area contributed by atoms with Gasteiger partial charge in [-0.05, 0) is 68.5 Å². The van der Waals surface area contributed by atoms with E-state index in [0.717, 1.165) is 35.7 Å². The Kier molecular flexibility index (Phi) is 4.79. The topological polar surface area (TPSA) is 88.1 Å². The lowest BCUT2D eigenvalue weighted by atomic mass is 9.96. The molecule has 6 heteroatoms. The normalized spacial score (nSPS) is 20.8. The number of para-hydroxylation sites is 2. The van der Waals surface area contributed by atoms with Crippen LogP contribution in [0.5, 0.6) is 11.6 Å². The number of nitrogens with zero attached hydrogens (tertiary/aromatic N) is 2. The number of pyridine rings is 1. The highest BCUT2D eigenvalue weighted by Gasteiger charge is 2.35. The van der Waals surface area contributed by atoms with Gasteiger partial charge in [-0.25, -0.2) is 9.97 Å². The maximum absolute atomic E-state index is 11.7. The molecule has 2 heterocycles. The van der Waals surface area contributed by atoms with E-state index in [2.05, 4.69) is 15.0 Å². The predicted octanol–water partition coefficient (Wildman–Crippen LogP) is 5.25. The van der Waals surface area contributed by atoms with Crippen molar-refractivity contribution in [2.24, 2.45) is 0 Å². The van der Waals surface area contributed by atoms with Crippen molar-refractivity contribution in [1.29, 1.82) is 0 Å². The van der Waals surface area contributed by atoms with Crippen LogP contribution in [-0.2, 0) is 0 Å². The molecular weight excluding hydrogens is 390 g/mol. The van der Waals surface area contributed by atoms with E-state index in [-0.39, 0.29) is 5.92 Å². The van der Waals surface area contributed by atoms with Crippen LogP contribution in [0.2, 0.25) is 0 Å². The number of hydrogen-bond acceptors (Lipinski definition) is 5. The maximum Gasteiger partial charge on any atom is 0.222 e. The van der Waals surface area contributed by atoms with E-state index < -0.39 is 5.60 Å². The molecule has 0 bridgehead atoms. The van der Waals surface area contributed by atoms with Crippen molar-refractivity contribution in [3.05, 3.63) is 71.9 Å². The number of benzene rings is 2. The molecule has 2 atom stereocenters. The minimum atomic E-state index is -0.655. The number of hydrogen-bond donors (Lipinski definition) is 2. The Morgan fingerprint density at radius 3 is 2.84 bits per heavy atom. The summed E-state index contributed by atoms with van der Waals surface area (Å²) in [5, 5.41) is 10.4. The Bertz CT molecular complexity index is 1230. The number of aromatic amines is 1. The number of rotatable bonds is 5. The minimum Gasteiger partial charge on any atom is -0.439 e. The smallest absolute Gasteiger partial charge is 0.222 e. The molecule has 1 fully saturated rings. The molecule has 6 nitrogen and oxygen atoms in total. The van der Waals surface area contributed by atoms with E-state index in [4.69, 9.17) is 4.74 Å². The highest BCUT2D eigenvalue weighted by molar-refractivity contribution is 5.89. The van der Waals surface area contributed by atoms with Crippen molar-refractivity contribution in [3.8, 4) is 23.0 Å². The molecule has 0 aliphatic heterocycles. The van der Waals surface area contributed by atoms with Crippen LogP contribution >= 0.6 is 0 Å². The number of aldehydes is 1. The summed E-state index contributed by atoms with van der Waals surface area (Å²) in [6, 6.07) is 16.9. The Labute approximate surface area is 179 Å². The lowest BCUT2D eigenvalue weighted by molar-refractivity contribution is 0.0664. The summed E-state index contributed by atoms with van der Waals surface area (Å²) in [6.07, 6.45) is 4.86. The lowest BCUT2D eigenvalue weighted by Crippen LogP contribution is -2.18. The van der Waals surface area contributed by atoms with Gasteiger partial charge in [-0.15, -0.1) is 0 Å². The van der Waals surface area contributed by atoms with E-state index in [1.807, 2.05) is 49.4 Å². The van der Waals surface area contributed by atoms with Gasteiger partial charge >= 0.3 is 0 Å². The van der Waals surface area contributed by atoms with Crippen molar-refractivity contribution in [3.63, 3.8) is 0 Å². The summed E-state index contributed by atoms with van der Waals surface area (Å²) in [5.41, 5.74) is 3.27. The third-order valence-electron chi connectivity index (χ3n) is 5.97. The first-order valence-corrected chi connectivity index (χ1v) is 10.4. The Balaban J connectivity index is 1.50. The minimum absolute atomic E-state index is 0.197. The standard InChI is InChI=1S/C25H23N3O3/c1-25(30)11-10-16(14-25)19-5-4-12-26-24(19)31-18-9-8-17(15-29)20(13-18)23-27-21-6-2-3-7-22(21)28-23/h2-9,12-13,15-16,30H,10-11,14H2,1H3,(H,27,28)/t16-,25-/m0/s1. The molecule has 0 unspecified atom stereocenters. The molecule has 1 saturated carbocycles. The van der Waals surface area contributed by atoms with Crippen LogP contribution in [0.1, 0.15) is 48.0 Å². The van der Waals surface area contributed by atoms with Crippen molar-refractivity contribution in [2.75, 3.05) is 0 Å². The number of imidazole rings is 1. The van der Waals surface area contributed by atoms with Crippen LogP contribution in [0.3, 0.4) is 0 Å². The molecule has 156 valence electrons. The number of carbonyl (C=O) groups is 1. The van der Waals surface area contributed by atoms with E-state index in [1.165, 1.54) is 0 Å². The number of H-pyrrole nitrogens is 1. The molecule has 0 amide bonds. The zero-order valence-corrected chi connectivity index (χ0v) is 17.2. The quantitative estimate of drug-likeness (QED) is 0.436. The molecule has 2 N–H and O–H groups in total. The van der Waals surface area contributed by atoms with Crippen LogP contribution in [0, 0.1) is 0 Å². The summed E-state index contributed by atoms with van der Waals surface area (Å²) in [7, 11) is 0. The highest BCUT2D eigenvalue weighted by Crippen LogP contribution is 2.43. The fraction of sp³-hybridized carbons (Fsp3) is 0.240. The third-order valence-corrected chi connectivity index (χ3v) is 5.97. The molecule has 2 aromatic heterocycles. The van der Waals surface area contributed by atoms with E-state index in [0.29, 0.717) is 35.0 Å². The van der Waals surface area contributed by atoms with Gasteiger partial charge in [0.15, 0.2) is 6.29 Å². The number of nitrogens with one attached hydrogen (secondary N) is 1. The summed E-state index contributed by atoms with van der Waals surface area (Å²) < 4.78 is 6.18. The summed E-state index contributed by atoms with van der Waals surface area (Å²) >= 11 is 0. The SMILES string of the molecule is C[C@]1(O)CC[C@H](c2cccnc2Oc2ccc(C=O)c(-c3nc4ccccc4[nH]3)c2)C1. The molecule has 0 spiro atoms. The zero-order chi connectivity index (χ0) is 21.4. The maximum atomic E-state index is 11.7. The largest absolute Gasteiger partial charge is 0.439 e. The van der Waals surface area contributed by atoms with Crippen LogP contribution in [0.25, 0.3) is 22.4 Å². The summed E-state index contributed by atoms with van der Waals surface area (Å²) in [4.78, 5) is 24.0. The molecule has 31 heavy (non-hydrogen) atoms. The van der Waals surface area contributed by atoms with Gasteiger partial charge < -0.3 is 14.8 Å². The first-order valence-electron chi connectivity index (χ1n) is 10.4. The second kappa shape index (κ2) is 7.63. The number of fused-ring (bicyclic) bond motifs is 1. The zero-order valence-electron chi connectivity index (χ0n) is 17.2. The van der Waals surface area contributed by atoms with E-state index in [1.54, 1.807) is 18.3 Å².